The highest BCUT2D eigenvalue weighted by atomic mass is 19.2. The van der Waals surface area contributed by atoms with E-state index in [-0.39, 0.29) is 5.56 Å². The van der Waals surface area contributed by atoms with E-state index in [0.29, 0.717) is 22.7 Å². The van der Waals surface area contributed by atoms with Gasteiger partial charge >= 0.3 is 0 Å². The average Bonchev–Trinajstić information content (AvgIpc) is 2.89. The molecule has 0 radical (unpaired) electrons. The number of halogens is 2. The minimum Gasteiger partial charge on any atom is -0.357 e. The van der Waals surface area contributed by atoms with E-state index < -0.39 is 11.6 Å². The minimum atomic E-state index is -0.939. The second kappa shape index (κ2) is 4.27. The van der Waals surface area contributed by atoms with E-state index in [0.717, 1.165) is 6.07 Å². The lowest BCUT2D eigenvalue weighted by Crippen LogP contribution is -2.00. The van der Waals surface area contributed by atoms with Crippen molar-refractivity contribution in [2.24, 2.45) is 0 Å². The van der Waals surface area contributed by atoms with Crippen LogP contribution in [0.1, 0.15) is 0 Å². The maximum absolute atomic E-state index is 13.9. The summed E-state index contributed by atoms with van der Waals surface area (Å²) in [4.78, 5) is 8.31. The second-order valence-electron chi connectivity index (χ2n) is 3.88. The number of hydrogen-bond acceptors (Lipinski definition) is 4. The lowest BCUT2D eigenvalue weighted by atomic mass is 10.1. The lowest BCUT2D eigenvalue weighted by Gasteiger charge is -2.06. The van der Waals surface area contributed by atoms with Gasteiger partial charge in [0.25, 0.3) is 0 Å². The molecule has 0 spiro atoms. The fourth-order valence-electron chi connectivity index (χ4n) is 1.84. The van der Waals surface area contributed by atoms with Crippen molar-refractivity contribution in [3.8, 4) is 11.3 Å². The smallest absolute Gasteiger partial charge is 0.225 e. The highest BCUT2D eigenvalue weighted by molar-refractivity contribution is 5.90. The third kappa shape index (κ3) is 1.79. The molecule has 0 bridgehead atoms. The molecule has 3 rings (SSSR count). The molecular formula is C12H9F2N5. The summed E-state index contributed by atoms with van der Waals surface area (Å²) in [5, 5.41) is 9.82. The van der Waals surface area contributed by atoms with E-state index in [9.17, 15) is 8.78 Å². The van der Waals surface area contributed by atoms with Gasteiger partial charge in [-0.25, -0.2) is 13.8 Å². The number of aromatic amines is 1. The molecule has 0 aliphatic rings. The number of nitrogens with zero attached hydrogens (tertiary/aromatic N) is 3. The van der Waals surface area contributed by atoms with Crippen LogP contribution in [0.4, 0.5) is 14.7 Å². The summed E-state index contributed by atoms with van der Waals surface area (Å²) in [7, 11) is 1.64. The average molecular weight is 261 g/mol. The first kappa shape index (κ1) is 11.5. The molecule has 2 N–H and O–H groups in total. The van der Waals surface area contributed by atoms with Crippen LogP contribution in [0.15, 0.2) is 24.4 Å². The van der Waals surface area contributed by atoms with Gasteiger partial charge in [0.2, 0.25) is 5.95 Å². The van der Waals surface area contributed by atoms with Gasteiger partial charge in [0.1, 0.15) is 0 Å². The number of rotatable bonds is 2. The molecule has 0 saturated heterocycles. The predicted molar refractivity (Wildman–Crippen MR) is 66.6 cm³/mol. The number of anilines is 1. The Bertz CT molecular complexity index is 753. The molecule has 19 heavy (non-hydrogen) atoms. The molecule has 7 heteroatoms. The van der Waals surface area contributed by atoms with Crippen molar-refractivity contribution in [3.05, 3.63) is 36.0 Å². The summed E-state index contributed by atoms with van der Waals surface area (Å²) in [6.07, 6.45) is 1.48. The fourth-order valence-corrected chi connectivity index (χ4v) is 1.84. The Balaban J connectivity index is 2.34. The number of aromatic nitrogens is 4. The Hall–Kier alpha value is -2.57. The molecular weight excluding hydrogens is 252 g/mol. The molecule has 0 aliphatic heterocycles. The van der Waals surface area contributed by atoms with Gasteiger partial charge in [-0.05, 0) is 12.1 Å². The van der Waals surface area contributed by atoms with Crippen molar-refractivity contribution in [3.63, 3.8) is 0 Å². The third-order valence-electron chi connectivity index (χ3n) is 2.74. The van der Waals surface area contributed by atoms with Gasteiger partial charge in [-0.1, -0.05) is 6.07 Å². The van der Waals surface area contributed by atoms with Crippen molar-refractivity contribution in [1.29, 1.82) is 0 Å². The molecule has 0 fully saturated rings. The van der Waals surface area contributed by atoms with Crippen LogP contribution in [-0.2, 0) is 0 Å². The van der Waals surface area contributed by atoms with Gasteiger partial charge in [-0.3, -0.25) is 5.10 Å². The zero-order valence-corrected chi connectivity index (χ0v) is 9.91. The second-order valence-corrected chi connectivity index (χ2v) is 3.88. The van der Waals surface area contributed by atoms with Gasteiger partial charge in [0, 0.05) is 12.6 Å². The highest BCUT2D eigenvalue weighted by Gasteiger charge is 2.16. The molecule has 2 heterocycles. The Kier molecular flexibility index (Phi) is 2.59. The Morgan fingerprint density at radius 3 is 2.84 bits per heavy atom. The van der Waals surface area contributed by atoms with Crippen LogP contribution in [0.3, 0.4) is 0 Å². The number of H-pyrrole nitrogens is 1. The molecule has 1 aromatic carbocycles. The van der Waals surface area contributed by atoms with Crippen LogP contribution in [0.2, 0.25) is 0 Å². The molecule has 0 unspecified atom stereocenters. The summed E-state index contributed by atoms with van der Waals surface area (Å²) in [5.41, 5.74) is 0.823. The first-order valence-electron chi connectivity index (χ1n) is 5.54. The molecule has 96 valence electrons. The SMILES string of the molecule is CNc1nc(-c2cccc(F)c2F)c2cn[nH]c2n1. The van der Waals surface area contributed by atoms with Gasteiger partial charge < -0.3 is 5.32 Å². The van der Waals surface area contributed by atoms with Crippen LogP contribution in [0.25, 0.3) is 22.3 Å². The van der Waals surface area contributed by atoms with Crippen LogP contribution in [-0.4, -0.2) is 27.2 Å². The molecule has 2 aromatic heterocycles. The maximum Gasteiger partial charge on any atom is 0.225 e. The van der Waals surface area contributed by atoms with E-state index >= 15 is 0 Å². The van der Waals surface area contributed by atoms with Crippen LogP contribution < -0.4 is 5.32 Å². The number of fused-ring (bicyclic) bond motifs is 1. The molecule has 5 nitrogen and oxygen atoms in total. The van der Waals surface area contributed by atoms with Crippen LogP contribution in [0, 0.1) is 11.6 Å². The third-order valence-corrected chi connectivity index (χ3v) is 2.74. The minimum absolute atomic E-state index is 0.0744. The first-order valence-corrected chi connectivity index (χ1v) is 5.54. The van der Waals surface area contributed by atoms with Gasteiger partial charge in [0.05, 0.1) is 17.3 Å². The quantitative estimate of drug-likeness (QED) is 0.743. The van der Waals surface area contributed by atoms with Gasteiger partial charge in [-0.2, -0.15) is 10.1 Å². The van der Waals surface area contributed by atoms with Crippen molar-refractivity contribution in [2.45, 2.75) is 0 Å². The standard InChI is InChI=1S/C12H9F2N5/c1-15-12-17-10(7-5-16-19-11(7)18-12)6-3-2-4-8(13)9(6)14/h2-5H,1H3,(H2,15,16,17,18,19). The molecule has 3 aromatic rings. The first-order chi connectivity index (χ1) is 9.20. The van der Waals surface area contributed by atoms with Crippen molar-refractivity contribution >= 4 is 17.0 Å². The zero-order chi connectivity index (χ0) is 13.4. The van der Waals surface area contributed by atoms with Gasteiger partial charge in [-0.15, -0.1) is 0 Å². The summed E-state index contributed by atoms with van der Waals surface area (Å²) < 4.78 is 27.2. The Morgan fingerprint density at radius 1 is 1.21 bits per heavy atom. The van der Waals surface area contributed by atoms with E-state index in [4.69, 9.17) is 0 Å². The number of hydrogen-bond donors (Lipinski definition) is 2. The number of benzene rings is 1. The van der Waals surface area contributed by atoms with Crippen molar-refractivity contribution in [2.75, 3.05) is 12.4 Å². The molecule has 0 aliphatic carbocycles. The largest absolute Gasteiger partial charge is 0.357 e. The van der Waals surface area contributed by atoms with E-state index in [1.807, 2.05) is 0 Å². The lowest BCUT2D eigenvalue weighted by molar-refractivity contribution is 0.511. The maximum atomic E-state index is 13.9. The van der Waals surface area contributed by atoms with E-state index in [2.05, 4.69) is 25.5 Å². The topological polar surface area (TPSA) is 66.5 Å². The Morgan fingerprint density at radius 2 is 2.05 bits per heavy atom. The van der Waals surface area contributed by atoms with Crippen LogP contribution >= 0.6 is 0 Å². The fraction of sp³-hybridized carbons (Fsp3) is 0.0833. The summed E-state index contributed by atoms with van der Waals surface area (Å²) in [5.74, 6) is -1.56. The van der Waals surface area contributed by atoms with E-state index in [1.54, 1.807) is 7.05 Å². The predicted octanol–water partition coefficient (Wildman–Crippen LogP) is 2.34. The van der Waals surface area contributed by atoms with Gasteiger partial charge in [0.15, 0.2) is 17.3 Å². The summed E-state index contributed by atoms with van der Waals surface area (Å²) >= 11 is 0. The summed E-state index contributed by atoms with van der Waals surface area (Å²) in [6.45, 7) is 0. The monoisotopic (exact) mass is 261 g/mol. The highest BCUT2D eigenvalue weighted by Crippen LogP contribution is 2.29. The molecule has 0 atom stereocenters. The van der Waals surface area contributed by atoms with Crippen molar-refractivity contribution < 1.29 is 8.78 Å². The molecule has 0 saturated carbocycles. The van der Waals surface area contributed by atoms with Crippen LogP contribution in [0.5, 0.6) is 0 Å². The van der Waals surface area contributed by atoms with E-state index in [1.165, 1.54) is 18.3 Å². The zero-order valence-electron chi connectivity index (χ0n) is 9.91. The normalized spacial score (nSPS) is 10.9. The molecule has 0 amide bonds. The van der Waals surface area contributed by atoms with Crippen molar-refractivity contribution in [1.82, 2.24) is 20.2 Å². The Labute approximate surface area is 106 Å². The number of nitrogens with one attached hydrogen (secondary N) is 2. The summed E-state index contributed by atoms with van der Waals surface area (Å²) in [6, 6.07) is 3.96.